The normalized spacial score (nSPS) is 15.7. The first-order valence-electron chi connectivity index (χ1n) is 11.6. The molecule has 2 aromatic carbocycles. The van der Waals surface area contributed by atoms with Gasteiger partial charge in [0, 0.05) is 16.7 Å². The number of carbonyl (C=O) groups excluding carboxylic acids is 2. The first kappa shape index (κ1) is 24.1. The Bertz CT molecular complexity index is 1150. The van der Waals surface area contributed by atoms with Gasteiger partial charge in [-0.2, -0.15) is 0 Å². The molecule has 0 unspecified atom stereocenters. The number of Topliss-reactive ketones (excluding diaryl/α,β-unsaturated/α-hetero) is 1. The van der Waals surface area contributed by atoms with Crippen molar-refractivity contribution < 1.29 is 9.59 Å². The van der Waals surface area contributed by atoms with E-state index >= 15 is 0 Å². The van der Waals surface area contributed by atoms with Crippen LogP contribution in [0.25, 0.3) is 0 Å². The quantitative estimate of drug-likeness (QED) is 0.231. The van der Waals surface area contributed by atoms with E-state index in [2.05, 4.69) is 31.7 Å². The smallest absolute Gasteiger partial charge is 0.189 e. The Morgan fingerprint density at radius 3 is 2.61 bits per heavy atom. The zero-order chi connectivity index (χ0) is 23.6. The van der Waals surface area contributed by atoms with Crippen LogP contribution in [0.3, 0.4) is 0 Å². The summed E-state index contributed by atoms with van der Waals surface area (Å²) in [4.78, 5) is 24.0. The second-order valence-corrected chi connectivity index (χ2v) is 8.53. The van der Waals surface area contributed by atoms with Crippen LogP contribution < -0.4 is 0 Å². The van der Waals surface area contributed by atoms with Crippen LogP contribution in [-0.4, -0.2) is 12.1 Å². The zero-order valence-electron chi connectivity index (χ0n) is 19.6. The van der Waals surface area contributed by atoms with Crippen LogP contribution in [0.4, 0.5) is 0 Å². The summed E-state index contributed by atoms with van der Waals surface area (Å²) in [6.07, 6.45) is 15.4. The van der Waals surface area contributed by atoms with Crippen LogP contribution in [0.1, 0.15) is 65.0 Å². The first-order chi connectivity index (χ1) is 16.0. The van der Waals surface area contributed by atoms with Crippen molar-refractivity contribution in [2.24, 2.45) is 0 Å². The van der Waals surface area contributed by atoms with Crippen molar-refractivity contribution in [3.05, 3.63) is 130 Å². The van der Waals surface area contributed by atoms with E-state index < -0.39 is 0 Å². The second kappa shape index (κ2) is 11.9. The molecule has 0 spiro atoms. The highest BCUT2D eigenvalue weighted by Gasteiger charge is 2.21. The summed E-state index contributed by atoms with van der Waals surface area (Å²) in [6.45, 7) is 8.32. The molecule has 0 N–H and O–H groups in total. The fourth-order valence-corrected chi connectivity index (χ4v) is 4.14. The van der Waals surface area contributed by atoms with Gasteiger partial charge in [0.1, 0.15) is 6.29 Å². The molecule has 0 aromatic heterocycles. The predicted molar refractivity (Wildman–Crippen MR) is 138 cm³/mol. The number of fused-ring (bicyclic) bond motifs is 1. The van der Waals surface area contributed by atoms with Crippen LogP contribution in [0, 0.1) is 0 Å². The molecular formula is C31H32O2. The van der Waals surface area contributed by atoms with E-state index in [9.17, 15) is 9.59 Å². The molecule has 0 radical (unpaired) electrons. The fraction of sp³-hybridized carbons (Fsp3) is 0.226. The number of benzene rings is 2. The molecule has 0 amide bonds. The zero-order valence-corrected chi connectivity index (χ0v) is 19.6. The minimum absolute atomic E-state index is 0.127. The number of ketones is 1. The van der Waals surface area contributed by atoms with Crippen LogP contribution in [-0.2, 0) is 12.8 Å². The van der Waals surface area contributed by atoms with E-state index in [1.165, 1.54) is 5.57 Å². The highest BCUT2D eigenvalue weighted by molar-refractivity contribution is 6.10. The van der Waals surface area contributed by atoms with Crippen molar-refractivity contribution in [2.45, 2.75) is 46.0 Å². The van der Waals surface area contributed by atoms with Gasteiger partial charge in [0.2, 0.25) is 0 Å². The van der Waals surface area contributed by atoms with Crippen molar-refractivity contribution in [3.63, 3.8) is 0 Å². The molecule has 1 aliphatic rings. The van der Waals surface area contributed by atoms with E-state index in [0.717, 1.165) is 70.9 Å². The number of hydrogen-bond acceptors (Lipinski definition) is 2. The van der Waals surface area contributed by atoms with Gasteiger partial charge in [-0.3, -0.25) is 9.59 Å². The summed E-state index contributed by atoms with van der Waals surface area (Å²) in [5.41, 5.74) is 7.96. The lowest BCUT2D eigenvalue weighted by molar-refractivity contribution is 0.102. The van der Waals surface area contributed by atoms with Gasteiger partial charge in [0.25, 0.3) is 0 Å². The maximum Gasteiger partial charge on any atom is 0.189 e. The molecular weight excluding hydrogens is 404 g/mol. The lowest BCUT2D eigenvalue weighted by atomic mass is 9.86. The largest absolute Gasteiger partial charge is 0.298 e. The van der Waals surface area contributed by atoms with Gasteiger partial charge in [-0.15, -0.1) is 0 Å². The summed E-state index contributed by atoms with van der Waals surface area (Å²) in [5.74, 6) is 0.127. The molecule has 0 atom stereocenters. The standard InChI is InChI=1S/C31H32O2/c1-4-9-25(20-23(2)15-17-26-10-5-6-12-29(26)22-32)16-14-24(3)21-28-19-18-27-11-7-8-13-30(27)31(28)33/h4-13,16,20-22H,3,14-15,17-19H2,1-2H3/b9-4-,23-20-,25-16+,28-21+. The van der Waals surface area contributed by atoms with E-state index in [1.54, 1.807) is 0 Å². The van der Waals surface area contributed by atoms with Crippen LogP contribution >= 0.6 is 0 Å². The minimum atomic E-state index is 0.127. The molecule has 33 heavy (non-hydrogen) atoms. The summed E-state index contributed by atoms with van der Waals surface area (Å²) in [6, 6.07) is 15.6. The lowest BCUT2D eigenvalue weighted by Gasteiger charge is -2.17. The molecule has 0 fully saturated rings. The van der Waals surface area contributed by atoms with E-state index in [-0.39, 0.29) is 5.78 Å². The van der Waals surface area contributed by atoms with E-state index in [1.807, 2.05) is 67.6 Å². The summed E-state index contributed by atoms with van der Waals surface area (Å²) >= 11 is 0. The summed E-state index contributed by atoms with van der Waals surface area (Å²) in [7, 11) is 0. The van der Waals surface area contributed by atoms with Crippen molar-refractivity contribution >= 4 is 12.1 Å². The molecule has 0 heterocycles. The maximum atomic E-state index is 12.8. The SMILES string of the molecule is C=C(/C=C1\CCc2ccccc2C1=O)C/C=C(\C=C/C)/C=C(/C)CCc1ccccc1C=O. The molecule has 0 saturated carbocycles. The highest BCUT2D eigenvalue weighted by atomic mass is 16.1. The second-order valence-electron chi connectivity index (χ2n) is 8.53. The monoisotopic (exact) mass is 436 g/mol. The van der Waals surface area contributed by atoms with Gasteiger partial charge in [0.05, 0.1) is 0 Å². The average Bonchev–Trinajstić information content (AvgIpc) is 2.83. The molecule has 168 valence electrons. The Balaban J connectivity index is 1.65. The van der Waals surface area contributed by atoms with E-state index in [0.29, 0.717) is 6.42 Å². The number of hydrogen-bond donors (Lipinski definition) is 0. The Morgan fingerprint density at radius 2 is 1.82 bits per heavy atom. The Labute approximate surface area is 197 Å². The van der Waals surface area contributed by atoms with Gasteiger partial charge in [-0.1, -0.05) is 96.6 Å². The van der Waals surface area contributed by atoms with Gasteiger partial charge in [0.15, 0.2) is 5.78 Å². The number of allylic oxidation sites excluding steroid dienone is 9. The number of carbonyl (C=O) groups is 2. The third-order valence-electron chi connectivity index (χ3n) is 5.94. The molecule has 1 aliphatic carbocycles. The van der Waals surface area contributed by atoms with Gasteiger partial charge in [-0.05, 0) is 62.7 Å². The highest BCUT2D eigenvalue weighted by Crippen LogP contribution is 2.26. The van der Waals surface area contributed by atoms with Crippen LogP contribution in [0.5, 0.6) is 0 Å². The Hall–Kier alpha value is -3.52. The maximum absolute atomic E-state index is 12.8. The number of rotatable bonds is 9. The van der Waals surface area contributed by atoms with Crippen molar-refractivity contribution in [1.82, 2.24) is 0 Å². The van der Waals surface area contributed by atoms with Gasteiger partial charge in [-0.25, -0.2) is 0 Å². The van der Waals surface area contributed by atoms with Crippen molar-refractivity contribution in [1.29, 1.82) is 0 Å². The van der Waals surface area contributed by atoms with E-state index in [4.69, 9.17) is 0 Å². The average molecular weight is 437 g/mol. The predicted octanol–water partition coefficient (Wildman–Crippen LogP) is 7.58. The minimum Gasteiger partial charge on any atom is -0.298 e. The molecule has 2 heteroatoms. The molecule has 0 bridgehead atoms. The lowest BCUT2D eigenvalue weighted by Crippen LogP contribution is -2.14. The van der Waals surface area contributed by atoms with Crippen molar-refractivity contribution in [3.8, 4) is 0 Å². The fourth-order valence-electron chi connectivity index (χ4n) is 4.14. The number of aldehydes is 1. The van der Waals surface area contributed by atoms with Crippen LogP contribution in [0.15, 0.2) is 108 Å². The first-order valence-corrected chi connectivity index (χ1v) is 11.6. The van der Waals surface area contributed by atoms with Gasteiger partial charge < -0.3 is 0 Å². The summed E-state index contributed by atoms with van der Waals surface area (Å²) in [5, 5.41) is 0. The third-order valence-corrected chi connectivity index (χ3v) is 5.94. The van der Waals surface area contributed by atoms with Gasteiger partial charge >= 0.3 is 0 Å². The number of aryl methyl sites for hydroxylation is 2. The molecule has 0 saturated heterocycles. The molecule has 2 aromatic rings. The Kier molecular flexibility index (Phi) is 8.71. The van der Waals surface area contributed by atoms with Crippen LogP contribution in [0.2, 0.25) is 0 Å². The third kappa shape index (κ3) is 6.73. The summed E-state index contributed by atoms with van der Waals surface area (Å²) < 4.78 is 0. The topological polar surface area (TPSA) is 34.1 Å². The molecule has 0 aliphatic heterocycles. The molecule has 2 nitrogen and oxygen atoms in total. The van der Waals surface area contributed by atoms with Crippen molar-refractivity contribution in [2.75, 3.05) is 0 Å². The Morgan fingerprint density at radius 1 is 1.06 bits per heavy atom. The molecule has 3 rings (SSSR count).